The zero-order valence-corrected chi connectivity index (χ0v) is 14.6. The maximum Gasteiger partial charge on any atom is 0.256 e. The smallest absolute Gasteiger partial charge is 0.256 e. The number of fused-ring (bicyclic) bond motifs is 1. The molecule has 4 rings (SSSR count). The highest BCUT2D eigenvalue weighted by Gasteiger charge is 2.29. The molecule has 1 amide bonds. The zero-order valence-electron chi connectivity index (χ0n) is 14.6. The van der Waals surface area contributed by atoms with Crippen LogP contribution < -0.4 is 15.4 Å². The van der Waals surface area contributed by atoms with Crippen LogP contribution in [0.4, 0.5) is 10.1 Å². The largest absolute Gasteiger partial charge is 0.495 e. The van der Waals surface area contributed by atoms with Crippen LogP contribution in [0.5, 0.6) is 5.75 Å². The third kappa shape index (κ3) is 3.21. The lowest BCUT2D eigenvalue weighted by molar-refractivity contribution is -0.110. The van der Waals surface area contributed by atoms with E-state index in [2.05, 4.69) is 27.5 Å². The number of hydrogen-bond acceptors (Lipinski definition) is 4. The maximum absolute atomic E-state index is 14.5. The Morgan fingerprint density at radius 3 is 2.96 bits per heavy atom. The van der Waals surface area contributed by atoms with E-state index < -0.39 is 11.9 Å². The van der Waals surface area contributed by atoms with Crippen molar-refractivity contribution >= 4 is 23.2 Å². The Balaban J connectivity index is 1.79. The summed E-state index contributed by atoms with van der Waals surface area (Å²) < 4.78 is 19.8. The van der Waals surface area contributed by atoms with Gasteiger partial charge < -0.3 is 25.5 Å². The summed E-state index contributed by atoms with van der Waals surface area (Å²) in [4.78, 5) is 15.5. The zero-order chi connectivity index (χ0) is 19.0. The first kappa shape index (κ1) is 17.3. The van der Waals surface area contributed by atoms with Crippen molar-refractivity contribution in [3.63, 3.8) is 0 Å². The van der Waals surface area contributed by atoms with E-state index in [1.807, 2.05) is 0 Å². The Hall–Kier alpha value is -3.08. The monoisotopic (exact) mass is 367 g/mol. The van der Waals surface area contributed by atoms with Gasteiger partial charge in [-0.15, -0.1) is 0 Å². The molecule has 2 aromatic rings. The lowest BCUT2D eigenvalue weighted by atomic mass is 9.98. The minimum Gasteiger partial charge on any atom is -0.495 e. The number of hydrogen-bond donors (Lipinski definition) is 4. The van der Waals surface area contributed by atoms with E-state index in [1.54, 1.807) is 18.3 Å². The maximum atomic E-state index is 14.5. The summed E-state index contributed by atoms with van der Waals surface area (Å²) in [5, 5.41) is 15.4. The highest BCUT2D eigenvalue weighted by Crippen LogP contribution is 2.37. The molecular weight excluding hydrogens is 349 g/mol. The number of benzene rings is 1. The number of amides is 1. The summed E-state index contributed by atoms with van der Waals surface area (Å²) in [5.74, 6) is 5.57. The Labute approximate surface area is 155 Å². The van der Waals surface area contributed by atoms with E-state index in [0.29, 0.717) is 41.2 Å². The number of ether oxygens (including phenoxy) is 1. The van der Waals surface area contributed by atoms with Gasteiger partial charge in [-0.05, 0) is 24.3 Å². The van der Waals surface area contributed by atoms with Crippen LogP contribution in [0, 0.1) is 17.7 Å². The molecule has 27 heavy (non-hydrogen) atoms. The molecule has 2 unspecified atom stereocenters. The van der Waals surface area contributed by atoms with Crippen molar-refractivity contribution in [3.8, 4) is 17.6 Å². The van der Waals surface area contributed by atoms with Gasteiger partial charge in [0.2, 0.25) is 0 Å². The third-order valence-corrected chi connectivity index (χ3v) is 4.64. The third-order valence-electron chi connectivity index (χ3n) is 4.64. The standard InChI is InChI=1S/C20H18FN3O3/c1-27-18-6-7-22-17(18)9-14-19-13(3-2-11-8-12(25)10-23-11)15(21)4-5-16(19)24-20(14)26/h4-7,9,11-12,22-23,25H,8,10H2,1H3,(H,24,26)/b14-9-. The molecule has 0 spiro atoms. The molecule has 4 N–H and O–H groups in total. The van der Waals surface area contributed by atoms with Crippen LogP contribution in [-0.4, -0.2) is 41.8 Å². The predicted molar refractivity (Wildman–Crippen MR) is 99.5 cm³/mol. The van der Waals surface area contributed by atoms with Crippen LogP contribution in [0.15, 0.2) is 24.4 Å². The van der Waals surface area contributed by atoms with Crippen LogP contribution >= 0.6 is 0 Å². The SMILES string of the molecule is COc1cc[nH]c1/C=C1\C(=O)Nc2ccc(F)c(C#CC3CC(O)CN3)c21. The number of nitrogens with one attached hydrogen (secondary N) is 3. The van der Waals surface area contributed by atoms with Crippen molar-refractivity contribution in [3.05, 3.63) is 47.0 Å². The average Bonchev–Trinajstić information content (AvgIpc) is 3.35. The molecule has 2 atom stereocenters. The minimum absolute atomic E-state index is 0.158. The van der Waals surface area contributed by atoms with Crippen molar-refractivity contribution in [1.29, 1.82) is 0 Å². The number of aliphatic hydroxyl groups excluding tert-OH is 1. The summed E-state index contributed by atoms with van der Waals surface area (Å²) in [7, 11) is 1.54. The summed E-state index contributed by atoms with van der Waals surface area (Å²) in [5.41, 5.74) is 2.03. The number of aromatic amines is 1. The average molecular weight is 367 g/mol. The van der Waals surface area contributed by atoms with Crippen molar-refractivity contribution in [1.82, 2.24) is 10.3 Å². The van der Waals surface area contributed by atoms with Gasteiger partial charge in [0, 0.05) is 24.7 Å². The second kappa shape index (κ2) is 6.91. The van der Waals surface area contributed by atoms with Crippen molar-refractivity contribution < 1.29 is 19.0 Å². The van der Waals surface area contributed by atoms with Gasteiger partial charge in [-0.25, -0.2) is 4.39 Å². The topological polar surface area (TPSA) is 86.4 Å². The number of β-amino-alcohol motifs (C(OH)–C–C–N with tert-alkyl or cyclic N) is 1. The summed E-state index contributed by atoms with van der Waals surface area (Å²) in [6, 6.07) is 4.34. The molecule has 1 fully saturated rings. The van der Waals surface area contributed by atoms with Crippen LogP contribution in [0.2, 0.25) is 0 Å². The fourth-order valence-electron chi connectivity index (χ4n) is 3.31. The number of rotatable bonds is 2. The first-order valence-corrected chi connectivity index (χ1v) is 8.57. The second-order valence-electron chi connectivity index (χ2n) is 6.44. The van der Waals surface area contributed by atoms with E-state index in [1.165, 1.54) is 19.2 Å². The molecular formula is C20H18FN3O3. The number of carbonyl (C=O) groups is 1. The quantitative estimate of drug-likeness (QED) is 0.481. The number of carbonyl (C=O) groups excluding carboxylic acids is 1. The number of anilines is 1. The van der Waals surface area contributed by atoms with E-state index in [4.69, 9.17) is 4.74 Å². The van der Waals surface area contributed by atoms with Gasteiger partial charge in [-0.2, -0.15) is 0 Å². The summed E-state index contributed by atoms with van der Waals surface area (Å²) >= 11 is 0. The molecule has 1 saturated heterocycles. The van der Waals surface area contributed by atoms with E-state index >= 15 is 0 Å². The van der Waals surface area contributed by atoms with Gasteiger partial charge >= 0.3 is 0 Å². The van der Waals surface area contributed by atoms with Crippen LogP contribution in [-0.2, 0) is 4.79 Å². The van der Waals surface area contributed by atoms with Gasteiger partial charge in [0.1, 0.15) is 11.6 Å². The molecule has 6 nitrogen and oxygen atoms in total. The van der Waals surface area contributed by atoms with Crippen molar-refractivity contribution in [2.75, 3.05) is 19.0 Å². The molecule has 1 aromatic heterocycles. The molecule has 0 saturated carbocycles. The van der Waals surface area contributed by atoms with Gasteiger partial charge in [-0.3, -0.25) is 4.79 Å². The molecule has 0 radical (unpaired) electrons. The minimum atomic E-state index is -0.499. The van der Waals surface area contributed by atoms with Crippen molar-refractivity contribution in [2.24, 2.45) is 0 Å². The number of methoxy groups -OCH3 is 1. The Morgan fingerprint density at radius 1 is 1.37 bits per heavy atom. The highest BCUT2D eigenvalue weighted by atomic mass is 19.1. The van der Waals surface area contributed by atoms with Crippen molar-refractivity contribution in [2.45, 2.75) is 18.6 Å². The van der Waals surface area contributed by atoms with E-state index in [0.717, 1.165) is 0 Å². The lowest BCUT2D eigenvalue weighted by Gasteiger charge is -2.05. The first-order valence-electron chi connectivity index (χ1n) is 8.57. The Bertz CT molecular complexity index is 1000. The molecule has 0 aliphatic carbocycles. The molecule has 0 bridgehead atoms. The first-order chi connectivity index (χ1) is 13.1. The number of H-pyrrole nitrogens is 1. The second-order valence-corrected chi connectivity index (χ2v) is 6.44. The Kier molecular flexibility index (Phi) is 4.44. The number of aromatic nitrogens is 1. The fraction of sp³-hybridized carbons (Fsp3) is 0.250. The van der Waals surface area contributed by atoms with Crippen LogP contribution in [0.1, 0.15) is 23.2 Å². The summed E-state index contributed by atoms with van der Waals surface area (Å²) in [6.07, 6.45) is 3.36. The number of halogens is 1. The highest BCUT2D eigenvalue weighted by molar-refractivity contribution is 6.35. The van der Waals surface area contributed by atoms with Gasteiger partial charge in [0.25, 0.3) is 5.91 Å². The fourth-order valence-corrected chi connectivity index (χ4v) is 3.31. The molecule has 2 aliphatic heterocycles. The van der Waals surface area contributed by atoms with Gasteiger partial charge in [0.15, 0.2) is 0 Å². The molecule has 1 aromatic carbocycles. The molecule has 7 heteroatoms. The summed E-state index contributed by atoms with van der Waals surface area (Å²) in [6.45, 7) is 0.465. The van der Waals surface area contributed by atoms with Crippen LogP contribution in [0.3, 0.4) is 0 Å². The normalized spacial score (nSPS) is 22.3. The lowest BCUT2D eigenvalue weighted by Crippen LogP contribution is -2.19. The van der Waals surface area contributed by atoms with Gasteiger partial charge in [-0.1, -0.05) is 11.8 Å². The Morgan fingerprint density at radius 2 is 2.22 bits per heavy atom. The van der Waals surface area contributed by atoms with E-state index in [-0.39, 0.29) is 17.5 Å². The van der Waals surface area contributed by atoms with E-state index in [9.17, 15) is 14.3 Å². The molecule has 3 heterocycles. The van der Waals surface area contributed by atoms with Gasteiger partial charge in [0.05, 0.1) is 41.8 Å². The molecule has 138 valence electrons. The number of aliphatic hydroxyl groups is 1. The molecule has 2 aliphatic rings. The predicted octanol–water partition coefficient (Wildman–Crippen LogP) is 1.73. The van der Waals surface area contributed by atoms with Crippen LogP contribution in [0.25, 0.3) is 11.6 Å².